The highest BCUT2D eigenvalue weighted by atomic mass is 16.2. The monoisotopic (exact) mass is 304 g/mol. The minimum atomic E-state index is 0.162. The molecule has 0 spiro atoms. The largest absolute Gasteiger partial charge is 0.333 e. The lowest BCUT2D eigenvalue weighted by molar-refractivity contribution is 0.0575. The minimum Gasteiger partial charge on any atom is -0.333 e. The maximum absolute atomic E-state index is 13.0. The molecule has 3 saturated heterocycles. The standard InChI is InChI=1S/C17H28N4O/c1-12(2)7-14-8-16(20(4)18-14)17(22)21-10-13-5-6-15(21)11-19(3)9-13/h8,12-13,15H,5-7,9-11H2,1-4H3/t13-,15+/m0/s1. The van der Waals surface area contributed by atoms with Crippen molar-refractivity contribution in [2.45, 2.75) is 39.2 Å². The first kappa shape index (κ1) is 15.5. The van der Waals surface area contributed by atoms with Crippen LogP contribution < -0.4 is 0 Å². The van der Waals surface area contributed by atoms with Gasteiger partial charge in [0.2, 0.25) is 0 Å². The Kier molecular flexibility index (Phi) is 4.26. The zero-order valence-electron chi connectivity index (χ0n) is 14.2. The van der Waals surface area contributed by atoms with Gasteiger partial charge in [-0.3, -0.25) is 9.48 Å². The van der Waals surface area contributed by atoms with Crippen LogP contribution in [0, 0.1) is 11.8 Å². The summed E-state index contributed by atoms with van der Waals surface area (Å²) in [6.45, 7) is 7.38. The number of likely N-dealkylation sites (N-methyl/N-ethyl adjacent to an activating group) is 1. The number of aryl methyl sites for hydroxylation is 1. The lowest BCUT2D eigenvalue weighted by Gasteiger charge is -2.36. The molecule has 4 heterocycles. The molecule has 5 nitrogen and oxygen atoms in total. The molecule has 0 N–H and O–H groups in total. The number of nitrogens with zero attached hydrogens (tertiary/aromatic N) is 4. The summed E-state index contributed by atoms with van der Waals surface area (Å²) >= 11 is 0. The summed E-state index contributed by atoms with van der Waals surface area (Å²) in [6, 6.07) is 2.35. The summed E-state index contributed by atoms with van der Waals surface area (Å²) in [7, 11) is 4.06. The molecule has 1 aromatic heterocycles. The van der Waals surface area contributed by atoms with E-state index in [1.807, 2.05) is 13.1 Å². The van der Waals surface area contributed by atoms with E-state index in [1.165, 1.54) is 6.42 Å². The van der Waals surface area contributed by atoms with E-state index in [4.69, 9.17) is 0 Å². The van der Waals surface area contributed by atoms with Crippen LogP contribution in [0.5, 0.6) is 0 Å². The summed E-state index contributed by atoms with van der Waals surface area (Å²) in [5, 5.41) is 4.53. The van der Waals surface area contributed by atoms with Crippen molar-refractivity contribution < 1.29 is 4.79 Å². The summed E-state index contributed by atoms with van der Waals surface area (Å²) < 4.78 is 1.77. The van der Waals surface area contributed by atoms with Crippen LogP contribution >= 0.6 is 0 Å². The summed E-state index contributed by atoms with van der Waals surface area (Å²) in [5.74, 6) is 1.34. The van der Waals surface area contributed by atoms with Gasteiger partial charge in [0.15, 0.2) is 0 Å². The van der Waals surface area contributed by atoms with Crippen LogP contribution in [0.2, 0.25) is 0 Å². The van der Waals surface area contributed by atoms with E-state index in [1.54, 1.807) is 4.68 Å². The molecule has 0 unspecified atom stereocenters. The molecule has 2 atom stereocenters. The van der Waals surface area contributed by atoms with Crippen molar-refractivity contribution in [3.05, 3.63) is 17.5 Å². The van der Waals surface area contributed by atoms with Crippen LogP contribution in [0.1, 0.15) is 42.9 Å². The van der Waals surface area contributed by atoms with Gasteiger partial charge in [0.05, 0.1) is 5.69 Å². The maximum atomic E-state index is 13.0. The summed E-state index contributed by atoms with van der Waals surface area (Å²) in [6.07, 6.45) is 3.32. The number of rotatable bonds is 3. The third-order valence-corrected chi connectivity index (χ3v) is 4.92. The molecule has 3 aliphatic heterocycles. The SMILES string of the molecule is CC(C)Cc1cc(C(=O)N2C[C@H]3CC[C@@H]2CN(C)C3)n(C)n1. The van der Waals surface area contributed by atoms with Gasteiger partial charge in [-0.15, -0.1) is 0 Å². The van der Waals surface area contributed by atoms with E-state index >= 15 is 0 Å². The molecule has 1 aromatic rings. The zero-order valence-corrected chi connectivity index (χ0v) is 14.2. The summed E-state index contributed by atoms with van der Waals surface area (Å²) in [5.41, 5.74) is 1.77. The van der Waals surface area contributed by atoms with Crippen LogP contribution in [0.15, 0.2) is 6.07 Å². The number of hydrogen-bond donors (Lipinski definition) is 0. The van der Waals surface area contributed by atoms with Crippen LogP contribution in [0.4, 0.5) is 0 Å². The second-order valence-electron chi connectivity index (χ2n) is 7.52. The average molecular weight is 304 g/mol. The summed E-state index contributed by atoms with van der Waals surface area (Å²) in [4.78, 5) is 17.5. The van der Waals surface area contributed by atoms with Crippen molar-refractivity contribution in [1.29, 1.82) is 0 Å². The van der Waals surface area contributed by atoms with Gasteiger partial charge in [0.1, 0.15) is 5.69 Å². The first-order valence-electron chi connectivity index (χ1n) is 8.46. The molecular weight excluding hydrogens is 276 g/mol. The van der Waals surface area contributed by atoms with E-state index in [0.29, 0.717) is 17.9 Å². The number of aromatic nitrogens is 2. The van der Waals surface area contributed by atoms with E-state index in [9.17, 15) is 4.79 Å². The molecular formula is C17H28N4O. The maximum Gasteiger partial charge on any atom is 0.272 e. The Bertz CT molecular complexity index is 551. The van der Waals surface area contributed by atoms with Crippen LogP contribution in [0.25, 0.3) is 0 Å². The number of carbonyl (C=O) groups excluding carboxylic acids is 1. The molecule has 0 aliphatic carbocycles. The average Bonchev–Trinajstić information content (AvgIpc) is 2.61. The molecule has 0 saturated carbocycles. The molecule has 122 valence electrons. The topological polar surface area (TPSA) is 41.4 Å². The fraction of sp³-hybridized carbons (Fsp3) is 0.765. The second-order valence-corrected chi connectivity index (χ2v) is 7.52. The molecule has 0 radical (unpaired) electrons. The Morgan fingerprint density at radius 3 is 2.77 bits per heavy atom. The lowest BCUT2D eigenvalue weighted by Crippen LogP contribution is -2.47. The smallest absolute Gasteiger partial charge is 0.272 e. The van der Waals surface area contributed by atoms with Gasteiger partial charge in [-0.25, -0.2) is 0 Å². The Labute approximate surface area is 133 Å². The number of amides is 1. The molecule has 4 rings (SSSR count). The number of carbonyl (C=O) groups is 1. The highest BCUT2D eigenvalue weighted by Crippen LogP contribution is 2.28. The molecule has 1 amide bonds. The van der Waals surface area contributed by atoms with Gasteiger partial charge >= 0.3 is 0 Å². The fourth-order valence-corrected chi connectivity index (χ4v) is 3.96. The van der Waals surface area contributed by atoms with Crippen molar-refractivity contribution in [2.24, 2.45) is 18.9 Å². The first-order valence-corrected chi connectivity index (χ1v) is 8.46. The van der Waals surface area contributed by atoms with E-state index in [-0.39, 0.29) is 5.91 Å². The van der Waals surface area contributed by atoms with E-state index in [2.05, 4.69) is 35.8 Å². The van der Waals surface area contributed by atoms with Crippen LogP contribution in [-0.4, -0.2) is 58.2 Å². The third-order valence-electron chi connectivity index (χ3n) is 4.92. The lowest BCUT2D eigenvalue weighted by atomic mass is 9.94. The second kappa shape index (κ2) is 6.03. The molecule has 5 heteroatoms. The zero-order chi connectivity index (χ0) is 15.9. The normalized spacial score (nSPS) is 25.8. The van der Waals surface area contributed by atoms with Crippen molar-refractivity contribution >= 4 is 5.91 Å². The Morgan fingerprint density at radius 1 is 1.27 bits per heavy atom. The fourth-order valence-electron chi connectivity index (χ4n) is 3.96. The van der Waals surface area contributed by atoms with Gasteiger partial charge in [-0.05, 0) is 44.2 Å². The van der Waals surface area contributed by atoms with Gasteiger partial charge < -0.3 is 9.80 Å². The number of fused-ring (bicyclic) bond motifs is 4. The highest BCUT2D eigenvalue weighted by molar-refractivity contribution is 5.93. The van der Waals surface area contributed by atoms with Crippen LogP contribution in [0.3, 0.4) is 0 Å². The van der Waals surface area contributed by atoms with E-state index < -0.39 is 0 Å². The van der Waals surface area contributed by atoms with Crippen molar-refractivity contribution in [2.75, 3.05) is 26.7 Å². The molecule has 2 bridgehead atoms. The van der Waals surface area contributed by atoms with E-state index in [0.717, 1.165) is 43.9 Å². The number of piperidine rings is 1. The van der Waals surface area contributed by atoms with Gasteiger partial charge in [-0.1, -0.05) is 13.8 Å². The Balaban J connectivity index is 1.80. The van der Waals surface area contributed by atoms with Crippen molar-refractivity contribution in [1.82, 2.24) is 19.6 Å². The molecule has 22 heavy (non-hydrogen) atoms. The molecule has 3 fully saturated rings. The third kappa shape index (κ3) is 3.05. The Morgan fingerprint density at radius 2 is 2.05 bits per heavy atom. The van der Waals surface area contributed by atoms with Crippen molar-refractivity contribution in [3.63, 3.8) is 0 Å². The van der Waals surface area contributed by atoms with Gasteiger partial charge in [-0.2, -0.15) is 5.10 Å². The quantitative estimate of drug-likeness (QED) is 0.855. The van der Waals surface area contributed by atoms with Crippen molar-refractivity contribution in [3.8, 4) is 0 Å². The molecule has 3 aliphatic rings. The predicted molar refractivity (Wildman–Crippen MR) is 86.8 cm³/mol. The number of hydrogen-bond acceptors (Lipinski definition) is 3. The van der Waals surface area contributed by atoms with Crippen LogP contribution in [-0.2, 0) is 13.5 Å². The molecule has 0 aromatic carbocycles. The first-order chi connectivity index (χ1) is 10.4. The van der Waals surface area contributed by atoms with Gasteiger partial charge in [0.25, 0.3) is 5.91 Å². The minimum absolute atomic E-state index is 0.162. The van der Waals surface area contributed by atoms with Gasteiger partial charge in [0, 0.05) is 32.7 Å². The predicted octanol–water partition coefficient (Wildman–Crippen LogP) is 1.78. The highest BCUT2D eigenvalue weighted by Gasteiger charge is 2.37. The Hall–Kier alpha value is -1.36.